The lowest BCUT2D eigenvalue weighted by Gasteiger charge is -2.03. The summed E-state index contributed by atoms with van der Waals surface area (Å²) in [5.41, 5.74) is 0.678. The highest BCUT2D eigenvalue weighted by atomic mass is 32.1. The molecule has 104 valence electrons. The van der Waals surface area contributed by atoms with Crippen molar-refractivity contribution in [2.45, 2.75) is 13.5 Å². The van der Waals surface area contributed by atoms with Gasteiger partial charge in [0.2, 0.25) is 5.78 Å². The molecule has 0 fully saturated rings. The fourth-order valence-corrected chi connectivity index (χ4v) is 2.63. The summed E-state index contributed by atoms with van der Waals surface area (Å²) in [7, 11) is 0. The second-order valence-electron chi connectivity index (χ2n) is 4.17. The van der Waals surface area contributed by atoms with E-state index in [1.54, 1.807) is 18.2 Å². The zero-order chi connectivity index (χ0) is 14.4. The van der Waals surface area contributed by atoms with E-state index in [1.165, 1.54) is 11.3 Å². The van der Waals surface area contributed by atoms with Crippen molar-refractivity contribution in [3.8, 4) is 0 Å². The molecular formula is C15H16N2O2S. The van der Waals surface area contributed by atoms with Gasteiger partial charge in [-0.2, -0.15) is 0 Å². The molecule has 0 aliphatic rings. The summed E-state index contributed by atoms with van der Waals surface area (Å²) >= 11 is 1.40. The molecule has 2 amide bonds. The summed E-state index contributed by atoms with van der Waals surface area (Å²) in [6.07, 6.45) is 0. The van der Waals surface area contributed by atoms with E-state index in [0.717, 1.165) is 4.88 Å². The van der Waals surface area contributed by atoms with E-state index in [0.29, 0.717) is 23.5 Å². The molecule has 1 heterocycles. The first-order chi connectivity index (χ1) is 9.70. The lowest BCUT2D eigenvalue weighted by molar-refractivity contribution is 0.104. The van der Waals surface area contributed by atoms with E-state index in [4.69, 9.17) is 0 Å². The molecule has 0 aliphatic heterocycles. The molecule has 0 aliphatic carbocycles. The number of urea groups is 1. The minimum Gasteiger partial charge on any atom is -0.338 e. The summed E-state index contributed by atoms with van der Waals surface area (Å²) < 4.78 is 0. The molecule has 5 heteroatoms. The van der Waals surface area contributed by atoms with Gasteiger partial charge in [0.1, 0.15) is 0 Å². The summed E-state index contributed by atoms with van der Waals surface area (Å²) in [4.78, 5) is 25.1. The normalized spacial score (nSPS) is 10.1. The van der Waals surface area contributed by atoms with Gasteiger partial charge >= 0.3 is 6.03 Å². The Labute approximate surface area is 121 Å². The van der Waals surface area contributed by atoms with Gasteiger partial charge in [0, 0.05) is 17.0 Å². The van der Waals surface area contributed by atoms with E-state index in [2.05, 4.69) is 10.6 Å². The minimum atomic E-state index is -0.197. The van der Waals surface area contributed by atoms with Gasteiger partial charge in [-0.1, -0.05) is 30.3 Å². The zero-order valence-corrected chi connectivity index (χ0v) is 12.0. The van der Waals surface area contributed by atoms with Crippen LogP contribution in [0.25, 0.3) is 0 Å². The van der Waals surface area contributed by atoms with Crippen LogP contribution in [0.2, 0.25) is 0 Å². The van der Waals surface area contributed by atoms with Crippen LogP contribution in [0.1, 0.15) is 27.0 Å². The third kappa shape index (κ3) is 3.68. The van der Waals surface area contributed by atoms with Gasteiger partial charge in [-0.3, -0.25) is 4.79 Å². The van der Waals surface area contributed by atoms with Gasteiger partial charge in [0.15, 0.2) is 0 Å². The fourth-order valence-electron chi connectivity index (χ4n) is 1.72. The molecule has 0 saturated heterocycles. The highest BCUT2D eigenvalue weighted by Crippen LogP contribution is 2.19. The van der Waals surface area contributed by atoms with Gasteiger partial charge in [-0.05, 0) is 19.1 Å². The Hall–Kier alpha value is -2.14. The monoisotopic (exact) mass is 288 g/mol. The molecule has 1 aromatic heterocycles. The third-order valence-electron chi connectivity index (χ3n) is 2.68. The SMILES string of the molecule is CCNC(=O)NCc1ccc(C(=O)c2ccccc2)s1. The van der Waals surface area contributed by atoms with Crippen LogP contribution >= 0.6 is 11.3 Å². The van der Waals surface area contributed by atoms with Gasteiger partial charge in [-0.15, -0.1) is 11.3 Å². The van der Waals surface area contributed by atoms with Gasteiger partial charge in [0.05, 0.1) is 11.4 Å². The van der Waals surface area contributed by atoms with E-state index < -0.39 is 0 Å². The molecule has 2 aromatic rings. The number of carbonyl (C=O) groups excluding carboxylic acids is 2. The van der Waals surface area contributed by atoms with Crippen LogP contribution in [0.3, 0.4) is 0 Å². The Balaban J connectivity index is 1.99. The van der Waals surface area contributed by atoms with Crippen molar-refractivity contribution in [3.63, 3.8) is 0 Å². The number of ketones is 1. The average Bonchev–Trinajstić information content (AvgIpc) is 2.94. The molecule has 0 bridgehead atoms. The van der Waals surface area contributed by atoms with Crippen molar-refractivity contribution in [1.82, 2.24) is 10.6 Å². The maximum atomic E-state index is 12.2. The minimum absolute atomic E-state index is 0.0138. The Bertz CT molecular complexity index is 593. The zero-order valence-electron chi connectivity index (χ0n) is 11.2. The number of thiophene rings is 1. The first-order valence-corrected chi connectivity index (χ1v) is 7.22. The maximum Gasteiger partial charge on any atom is 0.315 e. The van der Waals surface area contributed by atoms with Crippen LogP contribution in [-0.4, -0.2) is 18.4 Å². The van der Waals surface area contributed by atoms with E-state index >= 15 is 0 Å². The van der Waals surface area contributed by atoms with Gasteiger partial charge in [0.25, 0.3) is 0 Å². The van der Waals surface area contributed by atoms with Crippen molar-refractivity contribution in [3.05, 3.63) is 57.8 Å². The second-order valence-corrected chi connectivity index (χ2v) is 5.34. The first kappa shape index (κ1) is 14.3. The molecule has 0 saturated carbocycles. The van der Waals surface area contributed by atoms with Crippen LogP contribution in [0.5, 0.6) is 0 Å². The van der Waals surface area contributed by atoms with Crippen molar-refractivity contribution >= 4 is 23.2 Å². The molecule has 2 rings (SSSR count). The Morgan fingerprint density at radius 1 is 1.05 bits per heavy atom. The van der Waals surface area contributed by atoms with Crippen molar-refractivity contribution in [1.29, 1.82) is 0 Å². The third-order valence-corrected chi connectivity index (χ3v) is 3.77. The summed E-state index contributed by atoms with van der Waals surface area (Å²) in [5, 5.41) is 5.40. The van der Waals surface area contributed by atoms with Gasteiger partial charge in [-0.25, -0.2) is 4.79 Å². The largest absolute Gasteiger partial charge is 0.338 e. The molecule has 0 unspecified atom stereocenters. The predicted molar refractivity (Wildman–Crippen MR) is 80.1 cm³/mol. The van der Waals surface area contributed by atoms with Crippen LogP contribution in [0.4, 0.5) is 4.79 Å². The summed E-state index contributed by atoms with van der Waals surface area (Å²) in [6.45, 7) is 2.88. The Kier molecular flexibility index (Phi) is 4.90. The highest BCUT2D eigenvalue weighted by Gasteiger charge is 2.11. The predicted octanol–water partition coefficient (Wildman–Crippen LogP) is 2.80. The topological polar surface area (TPSA) is 58.2 Å². The van der Waals surface area contributed by atoms with E-state index in [-0.39, 0.29) is 11.8 Å². The highest BCUT2D eigenvalue weighted by molar-refractivity contribution is 7.14. The van der Waals surface area contributed by atoms with Crippen LogP contribution < -0.4 is 10.6 Å². The van der Waals surface area contributed by atoms with Crippen LogP contribution in [0.15, 0.2) is 42.5 Å². The van der Waals surface area contributed by atoms with E-state index in [9.17, 15) is 9.59 Å². The molecule has 0 spiro atoms. The maximum absolute atomic E-state index is 12.2. The summed E-state index contributed by atoms with van der Waals surface area (Å²) in [5.74, 6) is 0.0138. The number of hydrogen-bond donors (Lipinski definition) is 2. The molecule has 4 nitrogen and oxygen atoms in total. The first-order valence-electron chi connectivity index (χ1n) is 6.41. The number of carbonyl (C=O) groups is 2. The molecule has 0 atom stereocenters. The quantitative estimate of drug-likeness (QED) is 0.831. The standard InChI is InChI=1S/C15H16N2O2S/c1-2-16-15(19)17-10-12-8-9-13(20-12)14(18)11-6-4-3-5-7-11/h3-9H,2,10H2,1H3,(H2,16,17,19). The van der Waals surface area contributed by atoms with Crippen LogP contribution in [0, 0.1) is 0 Å². The average molecular weight is 288 g/mol. The van der Waals surface area contributed by atoms with Gasteiger partial charge < -0.3 is 10.6 Å². The number of benzene rings is 1. The Morgan fingerprint density at radius 2 is 1.80 bits per heavy atom. The second kappa shape index (κ2) is 6.86. The molecular weight excluding hydrogens is 272 g/mol. The number of nitrogens with one attached hydrogen (secondary N) is 2. The van der Waals surface area contributed by atoms with Crippen LogP contribution in [-0.2, 0) is 6.54 Å². The molecule has 2 N–H and O–H groups in total. The fraction of sp³-hybridized carbons (Fsp3) is 0.200. The van der Waals surface area contributed by atoms with Crippen molar-refractivity contribution in [2.24, 2.45) is 0 Å². The van der Waals surface area contributed by atoms with Crippen molar-refractivity contribution < 1.29 is 9.59 Å². The number of amides is 2. The molecule has 0 radical (unpaired) electrons. The summed E-state index contributed by atoms with van der Waals surface area (Å²) in [6, 6.07) is 12.6. The number of rotatable bonds is 5. The Morgan fingerprint density at radius 3 is 2.50 bits per heavy atom. The van der Waals surface area contributed by atoms with Crippen molar-refractivity contribution in [2.75, 3.05) is 6.54 Å². The lowest BCUT2D eigenvalue weighted by Crippen LogP contribution is -2.34. The smallest absolute Gasteiger partial charge is 0.315 e. The number of hydrogen-bond acceptors (Lipinski definition) is 3. The van der Waals surface area contributed by atoms with E-state index in [1.807, 2.05) is 31.2 Å². The lowest BCUT2D eigenvalue weighted by atomic mass is 10.1. The molecule has 1 aromatic carbocycles. The molecule has 20 heavy (non-hydrogen) atoms.